The topological polar surface area (TPSA) is 88.1 Å². The van der Waals surface area contributed by atoms with Gasteiger partial charge in [0, 0.05) is 51.8 Å². The summed E-state index contributed by atoms with van der Waals surface area (Å²) >= 11 is 0. The Morgan fingerprint density at radius 1 is 1.21 bits per heavy atom. The Balaban J connectivity index is 1.60. The number of imidazole rings is 1. The van der Waals surface area contributed by atoms with Crippen molar-refractivity contribution >= 4 is 11.8 Å². The van der Waals surface area contributed by atoms with E-state index in [1.165, 1.54) is 0 Å². The minimum atomic E-state index is -0.836. The van der Waals surface area contributed by atoms with Crippen molar-refractivity contribution in [3.63, 3.8) is 0 Å². The highest BCUT2D eigenvalue weighted by Crippen LogP contribution is 2.25. The second-order valence-electron chi connectivity index (χ2n) is 7.27. The van der Waals surface area contributed by atoms with E-state index in [1.54, 1.807) is 6.20 Å². The van der Waals surface area contributed by atoms with E-state index in [4.69, 9.17) is 4.98 Å². The van der Waals surface area contributed by atoms with E-state index in [1.807, 2.05) is 47.6 Å². The van der Waals surface area contributed by atoms with Gasteiger partial charge in [0.25, 0.3) is 0 Å². The molecule has 0 spiro atoms. The van der Waals surface area contributed by atoms with E-state index in [2.05, 4.69) is 33.0 Å². The van der Waals surface area contributed by atoms with E-state index >= 15 is 0 Å². The molecule has 148 valence electrons. The number of hydrogen-bond donors (Lipinski definition) is 1. The number of fused-ring (bicyclic) bond motifs is 1. The van der Waals surface area contributed by atoms with Gasteiger partial charge in [-0.25, -0.2) is 9.97 Å². The van der Waals surface area contributed by atoms with Gasteiger partial charge >= 0.3 is 0 Å². The number of aromatic nitrogens is 6. The molecule has 1 unspecified atom stereocenters. The molecule has 0 amide bonds. The van der Waals surface area contributed by atoms with Crippen LogP contribution in [0.2, 0.25) is 0 Å². The SMILES string of the molecule is CCc1cc(N2CCn3nc(C(O)c4nccn4C)cc3C2)nc(N(C)C)n1. The van der Waals surface area contributed by atoms with Gasteiger partial charge in [-0.15, -0.1) is 0 Å². The molecule has 9 heteroatoms. The summed E-state index contributed by atoms with van der Waals surface area (Å²) in [6.07, 6.45) is 3.53. The average molecular weight is 382 g/mol. The van der Waals surface area contributed by atoms with Crippen LogP contribution in [0.5, 0.6) is 0 Å². The van der Waals surface area contributed by atoms with Crippen molar-refractivity contribution < 1.29 is 5.11 Å². The van der Waals surface area contributed by atoms with Gasteiger partial charge in [0.15, 0.2) is 6.10 Å². The van der Waals surface area contributed by atoms with Gasteiger partial charge in [0.1, 0.15) is 11.6 Å². The van der Waals surface area contributed by atoms with Crippen LogP contribution in [-0.2, 0) is 26.6 Å². The van der Waals surface area contributed by atoms with Crippen molar-refractivity contribution in [3.05, 3.63) is 47.4 Å². The number of rotatable bonds is 5. The summed E-state index contributed by atoms with van der Waals surface area (Å²) in [5.41, 5.74) is 2.70. The predicted molar refractivity (Wildman–Crippen MR) is 106 cm³/mol. The molecule has 0 radical (unpaired) electrons. The van der Waals surface area contributed by atoms with Crippen molar-refractivity contribution in [1.29, 1.82) is 0 Å². The van der Waals surface area contributed by atoms with Crippen molar-refractivity contribution in [3.8, 4) is 0 Å². The maximum atomic E-state index is 10.7. The highest BCUT2D eigenvalue weighted by molar-refractivity contribution is 5.46. The molecule has 4 rings (SSSR count). The monoisotopic (exact) mass is 382 g/mol. The summed E-state index contributed by atoms with van der Waals surface area (Å²) in [6, 6.07) is 4.02. The highest BCUT2D eigenvalue weighted by Gasteiger charge is 2.25. The first-order valence-corrected chi connectivity index (χ1v) is 9.48. The van der Waals surface area contributed by atoms with Crippen LogP contribution in [-0.4, -0.2) is 55.0 Å². The molecule has 3 aromatic rings. The van der Waals surface area contributed by atoms with E-state index in [0.717, 1.165) is 42.7 Å². The van der Waals surface area contributed by atoms with Crippen LogP contribution in [0.3, 0.4) is 0 Å². The van der Waals surface area contributed by atoms with Crippen LogP contribution in [0.25, 0.3) is 0 Å². The Kier molecular flexibility index (Phi) is 4.76. The Bertz CT molecular complexity index is 976. The van der Waals surface area contributed by atoms with Crippen molar-refractivity contribution in [2.75, 3.05) is 30.4 Å². The lowest BCUT2D eigenvalue weighted by molar-refractivity contribution is 0.200. The summed E-state index contributed by atoms with van der Waals surface area (Å²) in [4.78, 5) is 17.7. The molecule has 1 aliphatic heterocycles. The van der Waals surface area contributed by atoms with Crippen molar-refractivity contribution in [2.24, 2.45) is 7.05 Å². The zero-order valence-electron chi connectivity index (χ0n) is 16.7. The summed E-state index contributed by atoms with van der Waals surface area (Å²) in [7, 11) is 5.77. The van der Waals surface area contributed by atoms with Gasteiger partial charge in [0.05, 0.1) is 24.5 Å². The van der Waals surface area contributed by atoms with Gasteiger partial charge in [-0.2, -0.15) is 10.1 Å². The molecule has 0 saturated heterocycles. The molecule has 1 atom stereocenters. The maximum absolute atomic E-state index is 10.7. The number of aliphatic hydroxyl groups is 1. The first kappa shape index (κ1) is 18.4. The van der Waals surface area contributed by atoms with E-state index in [0.29, 0.717) is 18.1 Å². The Morgan fingerprint density at radius 2 is 2.04 bits per heavy atom. The number of aliphatic hydroxyl groups excluding tert-OH is 1. The lowest BCUT2D eigenvalue weighted by Gasteiger charge is -2.29. The molecule has 0 saturated carbocycles. The van der Waals surface area contributed by atoms with Crippen LogP contribution in [0, 0.1) is 0 Å². The Labute approximate surface area is 164 Å². The van der Waals surface area contributed by atoms with E-state index in [-0.39, 0.29) is 0 Å². The molecule has 3 aromatic heterocycles. The number of aryl methyl sites for hydroxylation is 2. The summed E-state index contributed by atoms with van der Waals surface area (Å²) in [6.45, 7) is 4.33. The van der Waals surface area contributed by atoms with Crippen molar-refractivity contribution in [1.82, 2.24) is 29.3 Å². The zero-order valence-corrected chi connectivity index (χ0v) is 16.7. The minimum Gasteiger partial charge on any atom is -0.379 e. The molecule has 0 bridgehead atoms. The maximum Gasteiger partial charge on any atom is 0.227 e. The molecule has 0 aliphatic carbocycles. The number of anilines is 2. The molecular weight excluding hydrogens is 356 g/mol. The highest BCUT2D eigenvalue weighted by atomic mass is 16.3. The summed E-state index contributed by atoms with van der Waals surface area (Å²) in [5.74, 6) is 2.24. The molecule has 0 aromatic carbocycles. The molecule has 9 nitrogen and oxygen atoms in total. The van der Waals surface area contributed by atoms with Crippen LogP contribution >= 0.6 is 0 Å². The third kappa shape index (κ3) is 3.33. The average Bonchev–Trinajstić information content (AvgIpc) is 3.32. The van der Waals surface area contributed by atoms with Crippen LogP contribution < -0.4 is 9.80 Å². The van der Waals surface area contributed by atoms with Gasteiger partial charge in [-0.1, -0.05) is 6.92 Å². The first-order chi connectivity index (χ1) is 13.5. The lowest BCUT2D eigenvalue weighted by Crippen LogP contribution is -2.34. The standard InChI is InChI=1S/C19H26N8O/c1-5-13-10-16(22-19(21-13)24(2)3)26-8-9-27-14(12-26)11-15(23-27)17(28)18-20-6-7-25(18)4/h6-7,10-11,17,28H,5,8-9,12H2,1-4H3. The van der Waals surface area contributed by atoms with E-state index in [9.17, 15) is 5.11 Å². The first-order valence-electron chi connectivity index (χ1n) is 9.48. The number of hydrogen-bond acceptors (Lipinski definition) is 7. The predicted octanol–water partition coefficient (Wildman–Crippen LogP) is 1.14. The second-order valence-corrected chi connectivity index (χ2v) is 7.27. The fourth-order valence-electron chi connectivity index (χ4n) is 3.40. The smallest absolute Gasteiger partial charge is 0.227 e. The second kappa shape index (κ2) is 7.23. The van der Waals surface area contributed by atoms with Gasteiger partial charge in [0.2, 0.25) is 5.95 Å². The fraction of sp³-hybridized carbons (Fsp3) is 0.474. The molecule has 28 heavy (non-hydrogen) atoms. The van der Waals surface area contributed by atoms with Crippen LogP contribution in [0.1, 0.15) is 35.9 Å². The summed E-state index contributed by atoms with van der Waals surface area (Å²) in [5, 5.41) is 15.3. The largest absolute Gasteiger partial charge is 0.379 e. The lowest BCUT2D eigenvalue weighted by atomic mass is 10.2. The zero-order chi connectivity index (χ0) is 19.8. The summed E-state index contributed by atoms with van der Waals surface area (Å²) < 4.78 is 3.78. The third-order valence-electron chi connectivity index (χ3n) is 5.04. The fourth-order valence-corrected chi connectivity index (χ4v) is 3.40. The molecule has 1 aliphatic rings. The van der Waals surface area contributed by atoms with Gasteiger partial charge in [-0.05, 0) is 12.5 Å². The Hall–Kier alpha value is -2.94. The van der Waals surface area contributed by atoms with Crippen LogP contribution in [0.4, 0.5) is 11.8 Å². The quantitative estimate of drug-likeness (QED) is 0.708. The molecule has 0 fully saturated rings. The third-order valence-corrected chi connectivity index (χ3v) is 5.04. The molecule has 1 N–H and O–H groups in total. The molecule has 4 heterocycles. The number of nitrogens with zero attached hydrogens (tertiary/aromatic N) is 8. The van der Waals surface area contributed by atoms with E-state index < -0.39 is 6.10 Å². The normalized spacial score (nSPS) is 14.8. The van der Waals surface area contributed by atoms with Gasteiger partial charge < -0.3 is 19.5 Å². The minimum absolute atomic E-state index is 0.589. The van der Waals surface area contributed by atoms with Crippen LogP contribution in [0.15, 0.2) is 24.5 Å². The van der Waals surface area contributed by atoms with Crippen molar-refractivity contribution in [2.45, 2.75) is 32.5 Å². The van der Waals surface area contributed by atoms with Gasteiger partial charge in [-0.3, -0.25) is 4.68 Å². The molecular formula is C19H26N8O. The Morgan fingerprint density at radius 3 is 2.71 bits per heavy atom.